The minimum atomic E-state index is -0.181. The molecule has 1 fully saturated rings. The minimum absolute atomic E-state index is 0.181. The normalized spacial score (nSPS) is 22.4. The van der Waals surface area contributed by atoms with Crippen molar-refractivity contribution in [1.29, 1.82) is 0 Å². The summed E-state index contributed by atoms with van der Waals surface area (Å²) in [6, 6.07) is 2.05. The lowest BCUT2D eigenvalue weighted by Crippen LogP contribution is -2.30. The van der Waals surface area contributed by atoms with Crippen LogP contribution in [0.1, 0.15) is 32.6 Å². The number of aromatic nitrogens is 2. The van der Waals surface area contributed by atoms with Gasteiger partial charge in [0.2, 0.25) is 5.95 Å². The van der Waals surface area contributed by atoms with E-state index in [-0.39, 0.29) is 6.10 Å². The molecule has 0 bridgehead atoms. The molecule has 2 atom stereocenters. The average molecular weight is 306 g/mol. The Hall–Kier alpha value is -1.40. The van der Waals surface area contributed by atoms with E-state index >= 15 is 0 Å². The SMILES string of the molecule is CCNc1nc(NCC2CCCCC2O)c2ccsc2n1. The van der Waals surface area contributed by atoms with Crippen LogP contribution < -0.4 is 10.6 Å². The van der Waals surface area contributed by atoms with Crippen LogP contribution in [0.3, 0.4) is 0 Å². The van der Waals surface area contributed by atoms with Gasteiger partial charge in [-0.1, -0.05) is 12.8 Å². The van der Waals surface area contributed by atoms with Gasteiger partial charge in [-0.25, -0.2) is 4.98 Å². The topological polar surface area (TPSA) is 70.1 Å². The molecule has 2 aromatic rings. The summed E-state index contributed by atoms with van der Waals surface area (Å²) in [4.78, 5) is 10.1. The predicted octanol–water partition coefficient (Wildman–Crippen LogP) is 3.09. The first-order chi connectivity index (χ1) is 10.3. The maximum atomic E-state index is 10.1. The first kappa shape index (κ1) is 14.5. The summed E-state index contributed by atoms with van der Waals surface area (Å²) in [5, 5.41) is 19.8. The summed E-state index contributed by atoms with van der Waals surface area (Å²) in [7, 11) is 0. The molecule has 0 saturated heterocycles. The fourth-order valence-electron chi connectivity index (χ4n) is 2.88. The zero-order valence-corrected chi connectivity index (χ0v) is 13.1. The highest BCUT2D eigenvalue weighted by Crippen LogP contribution is 2.28. The zero-order valence-electron chi connectivity index (χ0n) is 12.3. The summed E-state index contributed by atoms with van der Waals surface area (Å²) in [5.41, 5.74) is 0. The lowest BCUT2D eigenvalue weighted by Gasteiger charge is -2.27. The summed E-state index contributed by atoms with van der Waals surface area (Å²) in [6.45, 7) is 3.61. The van der Waals surface area contributed by atoms with Gasteiger partial charge in [0.1, 0.15) is 10.6 Å². The second kappa shape index (κ2) is 6.58. The van der Waals surface area contributed by atoms with E-state index in [1.165, 1.54) is 6.42 Å². The van der Waals surface area contributed by atoms with Crippen molar-refractivity contribution in [2.75, 3.05) is 23.7 Å². The van der Waals surface area contributed by atoms with E-state index in [1.54, 1.807) is 11.3 Å². The molecule has 3 N–H and O–H groups in total. The van der Waals surface area contributed by atoms with Gasteiger partial charge in [-0.15, -0.1) is 11.3 Å². The third kappa shape index (κ3) is 3.27. The van der Waals surface area contributed by atoms with E-state index in [0.717, 1.165) is 48.4 Å². The Balaban J connectivity index is 1.77. The third-order valence-electron chi connectivity index (χ3n) is 4.06. The molecule has 0 aromatic carbocycles. The van der Waals surface area contributed by atoms with Gasteiger partial charge in [0.05, 0.1) is 11.5 Å². The first-order valence-corrected chi connectivity index (χ1v) is 8.57. The third-order valence-corrected chi connectivity index (χ3v) is 4.87. The number of aliphatic hydroxyl groups is 1. The van der Waals surface area contributed by atoms with Gasteiger partial charge in [-0.2, -0.15) is 4.98 Å². The van der Waals surface area contributed by atoms with Crippen molar-refractivity contribution < 1.29 is 5.11 Å². The molecule has 2 aromatic heterocycles. The van der Waals surface area contributed by atoms with Crippen LogP contribution in [0.4, 0.5) is 11.8 Å². The Labute approximate surface area is 128 Å². The highest BCUT2D eigenvalue weighted by Gasteiger charge is 2.23. The van der Waals surface area contributed by atoms with Crippen molar-refractivity contribution >= 4 is 33.3 Å². The molecule has 21 heavy (non-hydrogen) atoms. The summed E-state index contributed by atoms with van der Waals surface area (Å²) in [5.74, 6) is 1.86. The van der Waals surface area contributed by atoms with E-state index in [4.69, 9.17) is 0 Å². The molecule has 6 heteroatoms. The fourth-order valence-corrected chi connectivity index (χ4v) is 3.65. The van der Waals surface area contributed by atoms with Crippen LogP contribution in [0.5, 0.6) is 0 Å². The number of aliphatic hydroxyl groups excluding tert-OH is 1. The molecule has 2 heterocycles. The Morgan fingerprint density at radius 3 is 2.95 bits per heavy atom. The zero-order chi connectivity index (χ0) is 14.7. The molecular formula is C15H22N4OS. The van der Waals surface area contributed by atoms with Crippen molar-refractivity contribution in [3.63, 3.8) is 0 Å². The van der Waals surface area contributed by atoms with Gasteiger partial charge >= 0.3 is 0 Å². The van der Waals surface area contributed by atoms with E-state index in [1.807, 2.05) is 12.3 Å². The lowest BCUT2D eigenvalue weighted by atomic mass is 9.86. The van der Waals surface area contributed by atoms with Crippen LogP contribution in [0.15, 0.2) is 11.4 Å². The number of anilines is 2. The number of thiophene rings is 1. The van der Waals surface area contributed by atoms with E-state index in [9.17, 15) is 5.11 Å². The van der Waals surface area contributed by atoms with Crippen LogP contribution in [0.2, 0.25) is 0 Å². The van der Waals surface area contributed by atoms with Gasteiger partial charge in [-0.05, 0) is 31.2 Å². The molecule has 0 amide bonds. The summed E-state index contributed by atoms with van der Waals surface area (Å²) < 4.78 is 0. The highest BCUT2D eigenvalue weighted by molar-refractivity contribution is 7.16. The van der Waals surface area contributed by atoms with Gasteiger partial charge in [0.25, 0.3) is 0 Å². The van der Waals surface area contributed by atoms with Crippen molar-refractivity contribution in [2.45, 2.75) is 38.7 Å². The van der Waals surface area contributed by atoms with Crippen molar-refractivity contribution in [2.24, 2.45) is 5.92 Å². The Kier molecular flexibility index (Phi) is 4.55. The lowest BCUT2D eigenvalue weighted by molar-refractivity contribution is 0.0763. The van der Waals surface area contributed by atoms with Crippen LogP contribution in [-0.4, -0.2) is 34.3 Å². The highest BCUT2D eigenvalue weighted by atomic mass is 32.1. The molecular weight excluding hydrogens is 284 g/mol. The smallest absolute Gasteiger partial charge is 0.226 e. The van der Waals surface area contributed by atoms with E-state index in [0.29, 0.717) is 11.9 Å². The fraction of sp³-hybridized carbons (Fsp3) is 0.600. The molecule has 5 nitrogen and oxygen atoms in total. The Morgan fingerprint density at radius 2 is 2.14 bits per heavy atom. The summed E-state index contributed by atoms with van der Waals surface area (Å²) >= 11 is 1.62. The summed E-state index contributed by atoms with van der Waals surface area (Å²) in [6.07, 6.45) is 4.19. The molecule has 1 aliphatic carbocycles. The molecule has 0 spiro atoms. The molecule has 1 saturated carbocycles. The average Bonchev–Trinajstić information content (AvgIpc) is 2.95. The van der Waals surface area contributed by atoms with E-state index < -0.39 is 0 Å². The number of rotatable bonds is 5. The Bertz CT molecular complexity index is 600. The quantitative estimate of drug-likeness (QED) is 0.792. The van der Waals surface area contributed by atoms with Crippen LogP contribution in [0.25, 0.3) is 10.2 Å². The van der Waals surface area contributed by atoms with Crippen molar-refractivity contribution in [3.8, 4) is 0 Å². The second-order valence-corrected chi connectivity index (χ2v) is 6.45. The molecule has 3 rings (SSSR count). The van der Waals surface area contributed by atoms with E-state index in [2.05, 4.69) is 26.7 Å². The Morgan fingerprint density at radius 1 is 1.29 bits per heavy atom. The first-order valence-electron chi connectivity index (χ1n) is 7.69. The van der Waals surface area contributed by atoms with Gasteiger partial charge in [-0.3, -0.25) is 0 Å². The number of hydrogen-bond acceptors (Lipinski definition) is 6. The molecule has 1 aliphatic rings. The maximum absolute atomic E-state index is 10.1. The number of hydrogen-bond donors (Lipinski definition) is 3. The van der Waals surface area contributed by atoms with Crippen LogP contribution in [-0.2, 0) is 0 Å². The van der Waals surface area contributed by atoms with Crippen LogP contribution in [0, 0.1) is 5.92 Å². The largest absolute Gasteiger partial charge is 0.393 e. The second-order valence-electron chi connectivity index (χ2n) is 5.56. The molecule has 2 unspecified atom stereocenters. The van der Waals surface area contributed by atoms with Gasteiger partial charge < -0.3 is 15.7 Å². The van der Waals surface area contributed by atoms with Crippen molar-refractivity contribution in [3.05, 3.63) is 11.4 Å². The number of nitrogens with one attached hydrogen (secondary N) is 2. The van der Waals surface area contributed by atoms with Gasteiger partial charge in [0.15, 0.2) is 0 Å². The maximum Gasteiger partial charge on any atom is 0.226 e. The van der Waals surface area contributed by atoms with Gasteiger partial charge in [0, 0.05) is 19.0 Å². The minimum Gasteiger partial charge on any atom is -0.393 e. The number of fused-ring (bicyclic) bond motifs is 1. The molecule has 0 aliphatic heterocycles. The predicted molar refractivity (Wildman–Crippen MR) is 88.0 cm³/mol. The number of nitrogens with zero attached hydrogens (tertiary/aromatic N) is 2. The molecule has 0 radical (unpaired) electrons. The standard InChI is InChI=1S/C15H22N4OS/c1-2-16-15-18-13(11-7-8-21-14(11)19-15)17-9-10-5-3-4-6-12(10)20/h7-8,10,12,20H,2-6,9H2,1H3,(H2,16,17,18,19). The molecule has 114 valence electrons. The van der Waals surface area contributed by atoms with Crippen molar-refractivity contribution in [1.82, 2.24) is 9.97 Å². The monoisotopic (exact) mass is 306 g/mol. The van der Waals surface area contributed by atoms with Crippen LogP contribution >= 0.6 is 11.3 Å².